The van der Waals surface area contributed by atoms with Gasteiger partial charge in [0.2, 0.25) is 41.4 Å². The number of para-hydroxylation sites is 1. The second-order valence-corrected chi connectivity index (χ2v) is 19.6. The standard InChI is InChI=1S/C49H64BrN11O7S2/c1-3-5-20-41(62)56-40(28-70-69)46(67)61-49(22-21-32-30(26-49)15-11-17-34(32)50)47(68)60-38(24-29-13-7-6-8-14-29)44(65)58-37(19-12-23-54-48(52)53)43(64)59-39(45(66)57-35(4-2)42(51)63)25-31-27-55-36-18-10-9-16-33(31)36/h6-11,13-18,27,35,37-40,55,69H,3-5,12,19-26,28H2,1-2H3,(H2,51,63)(H,56,62)(H,57,66)(H,58,65)(H,59,64)(H,60,68)(H,61,67)(H4,52,53,54)/t35-,37-,38+,39-,40-,49?/m0/s1. The maximum atomic E-state index is 15.1. The van der Waals surface area contributed by atoms with Gasteiger partial charge in [-0.1, -0.05) is 108 Å². The molecule has 0 radical (unpaired) electrons. The molecule has 0 saturated heterocycles. The van der Waals surface area contributed by atoms with Crippen molar-refractivity contribution in [2.24, 2.45) is 22.2 Å². The monoisotopic (exact) mass is 1060 g/mol. The number of carbonyl (C=O) groups excluding carboxylic acids is 7. The number of carbonyl (C=O) groups is 7. The highest BCUT2D eigenvalue weighted by atomic mass is 79.9. The van der Waals surface area contributed by atoms with Crippen molar-refractivity contribution in [2.45, 2.75) is 120 Å². The third-order valence-electron chi connectivity index (χ3n) is 12.2. The molecule has 1 unspecified atom stereocenters. The lowest BCUT2D eigenvalue weighted by molar-refractivity contribution is -0.138. The summed E-state index contributed by atoms with van der Waals surface area (Å²) in [7, 11) is 1.07. The molecular formula is C49H64BrN11O7S2. The number of aliphatic imine (C=N–C) groups is 1. The highest BCUT2D eigenvalue weighted by molar-refractivity contribution is 9.10. The Kier molecular flexibility index (Phi) is 21.0. The number of guanidine groups is 1. The van der Waals surface area contributed by atoms with Crippen LogP contribution in [0.2, 0.25) is 0 Å². The second-order valence-electron chi connectivity index (χ2n) is 17.4. The van der Waals surface area contributed by atoms with Crippen molar-refractivity contribution in [1.29, 1.82) is 0 Å². The van der Waals surface area contributed by atoms with E-state index in [2.05, 4.69) is 69.5 Å². The Bertz CT molecular complexity index is 2510. The van der Waals surface area contributed by atoms with Crippen molar-refractivity contribution in [3.8, 4) is 0 Å². The molecule has 5 rings (SSSR count). The Morgan fingerprint density at radius 3 is 2.13 bits per heavy atom. The van der Waals surface area contributed by atoms with E-state index in [1.54, 1.807) is 37.4 Å². The van der Waals surface area contributed by atoms with Crippen LogP contribution in [0.15, 0.2) is 88.5 Å². The zero-order valence-electron chi connectivity index (χ0n) is 39.4. The van der Waals surface area contributed by atoms with Crippen LogP contribution in [-0.4, -0.2) is 100 Å². The van der Waals surface area contributed by atoms with E-state index in [1.807, 2.05) is 55.5 Å². The number of unbranched alkanes of at least 4 members (excludes halogenated alkanes) is 1. The number of aromatic amines is 1. The number of halogens is 1. The van der Waals surface area contributed by atoms with E-state index < -0.39 is 71.2 Å². The molecule has 0 spiro atoms. The van der Waals surface area contributed by atoms with Gasteiger partial charge >= 0.3 is 0 Å². The topological polar surface area (TPSA) is 298 Å². The number of nitrogens with zero attached hydrogens (tertiary/aromatic N) is 1. The molecule has 1 aliphatic carbocycles. The molecule has 1 aliphatic rings. The molecule has 0 saturated carbocycles. The molecule has 3 aromatic carbocycles. The van der Waals surface area contributed by atoms with Gasteiger partial charge in [0.15, 0.2) is 5.96 Å². The fourth-order valence-electron chi connectivity index (χ4n) is 8.39. The first-order valence-electron chi connectivity index (χ1n) is 23.4. The Morgan fingerprint density at radius 2 is 1.44 bits per heavy atom. The maximum absolute atomic E-state index is 15.1. The molecule has 0 bridgehead atoms. The molecule has 0 fully saturated rings. The van der Waals surface area contributed by atoms with Crippen molar-refractivity contribution in [3.05, 3.63) is 106 Å². The molecular weight excluding hydrogens is 999 g/mol. The fourth-order valence-corrected chi connectivity index (χ4v) is 9.83. The number of nitrogens with two attached hydrogens (primary N) is 3. The summed E-state index contributed by atoms with van der Waals surface area (Å²) in [6.45, 7) is 3.75. The highest BCUT2D eigenvalue weighted by Gasteiger charge is 2.45. The minimum atomic E-state index is -1.59. The van der Waals surface area contributed by atoms with Crippen LogP contribution in [0.1, 0.15) is 81.0 Å². The molecule has 6 atom stereocenters. The van der Waals surface area contributed by atoms with Gasteiger partial charge in [0.05, 0.1) is 0 Å². The molecule has 1 heterocycles. The van der Waals surface area contributed by atoms with Gasteiger partial charge in [0, 0.05) is 59.6 Å². The average Bonchev–Trinajstić information content (AvgIpc) is 3.75. The third kappa shape index (κ3) is 15.5. The number of hydrogen-bond acceptors (Lipinski definition) is 10. The van der Waals surface area contributed by atoms with Crippen molar-refractivity contribution >= 4 is 96.6 Å². The Morgan fingerprint density at radius 1 is 0.771 bits per heavy atom. The molecule has 18 nitrogen and oxygen atoms in total. The summed E-state index contributed by atoms with van der Waals surface area (Å²) in [5, 5.41) is 17.9. The number of primary amides is 1. The van der Waals surface area contributed by atoms with Gasteiger partial charge in [-0.05, 0) is 72.9 Å². The number of H-pyrrole nitrogens is 1. The van der Waals surface area contributed by atoms with Crippen molar-refractivity contribution in [1.82, 2.24) is 36.9 Å². The third-order valence-corrected chi connectivity index (χ3v) is 13.9. The Hall–Kier alpha value is -6.06. The number of benzene rings is 3. The van der Waals surface area contributed by atoms with E-state index in [0.29, 0.717) is 24.0 Å². The predicted molar refractivity (Wildman–Crippen MR) is 279 cm³/mol. The molecule has 376 valence electrons. The van der Waals surface area contributed by atoms with Gasteiger partial charge < -0.3 is 54.1 Å². The van der Waals surface area contributed by atoms with Gasteiger partial charge in [-0.25, -0.2) is 0 Å². The zero-order chi connectivity index (χ0) is 50.8. The van der Waals surface area contributed by atoms with Crippen LogP contribution in [0.3, 0.4) is 0 Å². The number of thiol groups is 1. The lowest BCUT2D eigenvalue weighted by Crippen LogP contribution is -2.67. The van der Waals surface area contributed by atoms with Gasteiger partial charge in [0.1, 0.15) is 35.7 Å². The van der Waals surface area contributed by atoms with Crippen LogP contribution in [0, 0.1) is 0 Å². The second kappa shape index (κ2) is 26.8. The van der Waals surface area contributed by atoms with E-state index in [4.69, 9.17) is 17.2 Å². The number of nitrogens with one attached hydrogen (secondary N) is 7. The van der Waals surface area contributed by atoms with Crippen molar-refractivity contribution in [2.75, 3.05) is 12.3 Å². The molecule has 0 aliphatic heterocycles. The van der Waals surface area contributed by atoms with Crippen molar-refractivity contribution < 1.29 is 33.6 Å². The van der Waals surface area contributed by atoms with Crippen LogP contribution < -0.4 is 49.1 Å². The van der Waals surface area contributed by atoms with Crippen LogP contribution in [0.4, 0.5) is 0 Å². The van der Waals surface area contributed by atoms with E-state index in [-0.39, 0.29) is 75.5 Å². The first kappa shape index (κ1) is 54.9. The zero-order valence-corrected chi connectivity index (χ0v) is 42.7. The first-order valence-corrected chi connectivity index (χ1v) is 26.2. The molecule has 1 aromatic heterocycles. The minimum absolute atomic E-state index is 0.000822. The van der Waals surface area contributed by atoms with Gasteiger partial charge in [-0.2, -0.15) is 0 Å². The van der Waals surface area contributed by atoms with E-state index in [9.17, 15) is 28.8 Å². The number of aromatic nitrogens is 1. The lowest BCUT2D eigenvalue weighted by atomic mass is 9.76. The smallest absolute Gasteiger partial charge is 0.246 e. The summed E-state index contributed by atoms with van der Waals surface area (Å²) in [5.41, 5.74) is 19.2. The van der Waals surface area contributed by atoms with E-state index in [1.165, 1.54) is 0 Å². The van der Waals surface area contributed by atoms with Gasteiger partial charge in [0.25, 0.3) is 0 Å². The number of amides is 7. The summed E-state index contributed by atoms with van der Waals surface area (Å²) in [5.74, 6) is -4.48. The van der Waals surface area contributed by atoms with Gasteiger partial charge in [-0.15, -0.1) is 11.7 Å². The Balaban J connectivity index is 1.48. The molecule has 70 heavy (non-hydrogen) atoms. The first-order chi connectivity index (χ1) is 33.6. The number of fused-ring (bicyclic) bond motifs is 2. The fraction of sp³-hybridized carbons (Fsp3) is 0.429. The number of rotatable bonds is 26. The average molecular weight is 1060 g/mol. The van der Waals surface area contributed by atoms with Crippen LogP contribution in [0.5, 0.6) is 0 Å². The quantitative estimate of drug-likeness (QED) is 0.0144. The normalized spacial score (nSPS) is 16.2. The van der Waals surface area contributed by atoms with Crippen LogP contribution in [-0.2, 0) is 59.2 Å². The lowest BCUT2D eigenvalue weighted by Gasteiger charge is -2.39. The highest BCUT2D eigenvalue weighted by Crippen LogP contribution is 2.34. The maximum Gasteiger partial charge on any atom is 0.246 e. The minimum Gasteiger partial charge on any atom is -0.370 e. The largest absolute Gasteiger partial charge is 0.370 e. The van der Waals surface area contributed by atoms with Crippen molar-refractivity contribution in [3.63, 3.8) is 0 Å². The number of hydrogen-bond donors (Lipinski definition) is 11. The molecule has 4 aromatic rings. The van der Waals surface area contributed by atoms with Crippen LogP contribution in [0.25, 0.3) is 10.9 Å². The SMILES string of the molecule is CCCCC(=O)N[C@@H](CSS)C(=O)NC1(C(=O)N[C@H](Cc2ccccc2)C(=O)N[C@@H](CCCN=C(N)N)C(=O)N[C@@H](Cc2c[nH]c3ccccc23)C(=O)N[C@@H](CC)C(N)=O)CCc2c(Br)cccc2C1. The summed E-state index contributed by atoms with van der Waals surface area (Å²) in [6, 6.07) is 16.2. The summed E-state index contributed by atoms with van der Waals surface area (Å²) in [4.78, 5) is 105. The summed E-state index contributed by atoms with van der Waals surface area (Å²) < 4.78 is 0.850. The van der Waals surface area contributed by atoms with Crippen LogP contribution >= 0.6 is 38.4 Å². The molecule has 13 N–H and O–H groups in total. The summed E-state index contributed by atoms with van der Waals surface area (Å²) >= 11 is 7.90. The predicted octanol–water partition coefficient (Wildman–Crippen LogP) is 2.90. The van der Waals surface area contributed by atoms with E-state index >= 15 is 4.79 Å². The molecule has 21 heteroatoms. The summed E-state index contributed by atoms with van der Waals surface area (Å²) in [6.07, 6.45) is 4.37. The Labute approximate surface area is 425 Å². The van der Waals surface area contributed by atoms with E-state index in [0.717, 1.165) is 43.7 Å². The van der Waals surface area contributed by atoms with Gasteiger partial charge in [-0.3, -0.25) is 38.6 Å². The molecule has 7 amide bonds.